The van der Waals surface area contributed by atoms with E-state index in [1.807, 2.05) is 24.3 Å². The first kappa shape index (κ1) is 17.1. The van der Waals surface area contributed by atoms with Crippen LogP contribution in [0.5, 0.6) is 0 Å². The molecule has 1 fully saturated rings. The Hall–Kier alpha value is -2.33. The SMILES string of the molecule is CCCc1c(C(=O)Nc2ccc(N3CCCC3)cc2)sc2ccccc12. The first-order valence-corrected chi connectivity index (χ1v) is 10.2. The van der Waals surface area contributed by atoms with Gasteiger partial charge in [-0.2, -0.15) is 0 Å². The number of fused-ring (bicyclic) bond motifs is 1. The second-order valence-corrected chi connectivity index (χ2v) is 7.90. The van der Waals surface area contributed by atoms with E-state index in [-0.39, 0.29) is 5.91 Å². The Kier molecular flexibility index (Phi) is 4.93. The van der Waals surface area contributed by atoms with Gasteiger partial charge in [0.25, 0.3) is 5.91 Å². The van der Waals surface area contributed by atoms with Crippen LogP contribution in [0.1, 0.15) is 41.4 Å². The number of carbonyl (C=O) groups is 1. The third kappa shape index (κ3) is 3.34. The molecule has 0 spiro atoms. The van der Waals surface area contributed by atoms with Crippen molar-refractivity contribution in [1.29, 1.82) is 0 Å². The lowest BCUT2D eigenvalue weighted by atomic mass is 10.1. The van der Waals surface area contributed by atoms with Crippen molar-refractivity contribution < 1.29 is 4.79 Å². The van der Waals surface area contributed by atoms with Crippen LogP contribution in [0.15, 0.2) is 48.5 Å². The molecule has 1 N–H and O–H groups in total. The molecule has 3 nitrogen and oxygen atoms in total. The van der Waals surface area contributed by atoms with Gasteiger partial charge in [0.05, 0.1) is 4.88 Å². The van der Waals surface area contributed by atoms with Gasteiger partial charge < -0.3 is 10.2 Å². The molecule has 4 heteroatoms. The summed E-state index contributed by atoms with van der Waals surface area (Å²) in [7, 11) is 0. The van der Waals surface area contributed by atoms with Crippen LogP contribution in [-0.2, 0) is 6.42 Å². The van der Waals surface area contributed by atoms with Crippen molar-refractivity contribution >= 4 is 38.7 Å². The highest BCUT2D eigenvalue weighted by atomic mass is 32.1. The van der Waals surface area contributed by atoms with Crippen LogP contribution in [0.25, 0.3) is 10.1 Å². The molecular weight excluding hydrogens is 340 g/mol. The van der Waals surface area contributed by atoms with Crippen LogP contribution in [0.3, 0.4) is 0 Å². The number of rotatable bonds is 5. The Morgan fingerprint density at radius 3 is 2.54 bits per heavy atom. The molecule has 1 saturated heterocycles. The fraction of sp³-hybridized carbons (Fsp3) is 0.318. The number of carbonyl (C=O) groups excluding carboxylic acids is 1. The summed E-state index contributed by atoms with van der Waals surface area (Å²) in [4.78, 5) is 16.2. The Morgan fingerprint density at radius 1 is 1.08 bits per heavy atom. The average molecular weight is 365 g/mol. The molecule has 1 amide bonds. The Morgan fingerprint density at radius 2 is 1.81 bits per heavy atom. The van der Waals surface area contributed by atoms with E-state index >= 15 is 0 Å². The number of hydrogen-bond acceptors (Lipinski definition) is 3. The van der Waals surface area contributed by atoms with E-state index in [0.717, 1.165) is 36.5 Å². The summed E-state index contributed by atoms with van der Waals surface area (Å²) < 4.78 is 1.19. The predicted molar refractivity (Wildman–Crippen MR) is 112 cm³/mol. The number of hydrogen-bond donors (Lipinski definition) is 1. The second kappa shape index (κ2) is 7.50. The Bertz CT molecular complexity index is 908. The van der Waals surface area contributed by atoms with Gasteiger partial charge in [0, 0.05) is 29.2 Å². The van der Waals surface area contributed by atoms with Crippen molar-refractivity contribution in [3.05, 3.63) is 59.0 Å². The van der Waals surface area contributed by atoms with E-state index < -0.39 is 0 Å². The molecule has 4 rings (SSSR count). The number of nitrogens with zero attached hydrogens (tertiary/aromatic N) is 1. The summed E-state index contributed by atoms with van der Waals surface area (Å²) in [5, 5.41) is 4.31. The molecule has 2 heterocycles. The van der Waals surface area contributed by atoms with Gasteiger partial charge in [0.1, 0.15) is 0 Å². The highest BCUT2D eigenvalue weighted by molar-refractivity contribution is 7.21. The largest absolute Gasteiger partial charge is 0.372 e. The average Bonchev–Trinajstić information content (AvgIpc) is 3.31. The third-order valence-electron chi connectivity index (χ3n) is 5.00. The lowest BCUT2D eigenvalue weighted by molar-refractivity contribution is 0.103. The van der Waals surface area contributed by atoms with Crippen molar-refractivity contribution in [1.82, 2.24) is 0 Å². The number of thiophene rings is 1. The van der Waals surface area contributed by atoms with E-state index in [0.29, 0.717) is 0 Å². The van der Waals surface area contributed by atoms with E-state index in [4.69, 9.17) is 0 Å². The number of nitrogens with one attached hydrogen (secondary N) is 1. The maximum Gasteiger partial charge on any atom is 0.266 e. The number of aryl methyl sites for hydroxylation is 1. The van der Waals surface area contributed by atoms with Crippen LogP contribution in [-0.4, -0.2) is 19.0 Å². The molecule has 1 aliphatic rings. The van der Waals surface area contributed by atoms with Gasteiger partial charge in [-0.1, -0.05) is 31.5 Å². The van der Waals surface area contributed by atoms with Crippen molar-refractivity contribution in [3.8, 4) is 0 Å². The first-order valence-electron chi connectivity index (χ1n) is 9.43. The lowest BCUT2D eigenvalue weighted by Gasteiger charge is -2.17. The maximum absolute atomic E-state index is 12.9. The zero-order valence-electron chi connectivity index (χ0n) is 15.1. The minimum absolute atomic E-state index is 0.00331. The van der Waals surface area contributed by atoms with Crippen LogP contribution in [0, 0.1) is 0 Å². The van der Waals surface area contributed by atoms with E-state index in [1.54, 1.807) is 11.3 Å². The number of anilines is 2. The molecule has 1 aromatic heterocycles. The van der Waals surface area contributed by atoms with Crippen LogP contribution in [0.2, 0.25) is 0 Å². The lowest BCUT2D eigenvalue weighted by Crippen LogP contribution is -2.17. The molecule has 0 unspecified atom stereocenters. The summed E-state index contributed by atoms with van der Waals surface area (Å²) in [6, 6.07) is 16.5. The fourth-order valence-corrected chi connectivity index (χ4v) is 4.85. The molecule has 0 saturated carbocycles. The monoisotopic (exact) mass is 364 g/mol. The molecule has 0 bridgehead atoms. The minimum atomic E-state index is 0.00331. The fourth-order valence-electron chi connectivity index (χ4n) is 3.70. The molecule has 1 aliphatic heterocycles. The molecular formula is C22H24N2OS. The third-order valence-corrected chi connectivity index (χ3v) is 6.21. The number of amides is 1. The molecule has 0 aliphatic carbocycles. The predicted octanol–water partition coefficient (Wildman–Crippen LogP) is 5.71. The standard InChI is InChI=1S/C22H24N2OS/c1-2-7-19-18-8-3-4-9-20(18)26-21(19)22(25)23-16-10-12-17(13-11-16)24-14-5-6-15-24/h3-4,8-13H,2,5-7,14-15H2,1H3,(H,23,25). The number of benzene rings is 2. The van der Waals surface area contributed by atoms with Gasteiger partial charge in [0.2, 0.25) is 0 Å². The van der Waals surface area contributed by atoms with Crippen LogP contribution < -0.4 is 10.2 Å². The van der Waals surface area contributed by atoms with Crippen LogP contribution >= 0.6 is 11.3 Å². The zero-order chi connectivity index (χ0) is 17.9. The smallest absolute Gasteiger partial charge is 0.266 e. The molecule has 26 heavy (non-hydrogen) atoms. The normalized spacial score (nSPS) is 14.1. The van der Waals surface area contributed by atoms with Gasteiger partial charge in [-0.15, -0.1) is 11.3 Å². The molecule has 2 aromatic carbocycles. The Balaban J connectivity index is 1.56. The van der Waals surface area contributed by atoms with E-state index in [2.05, 4.69) is 41.4 Å². The van der Waals surface area contributed by atoms with Gasteiger partial charge >= 0.3 is 0 Å². The molecule has 0 radical (unpaired) electrons. The topological polar surface area (TPSA) is 32.3 Å². The molecule has 0 atom stereocenters. The molecule has 3 aromatic rings. The summed E-state index contributed by atoms with van der Waals surface area (Å²) in [6.07, 6.45) is 4.50. The maximum atomic E-state index is 12.9. The zero-order valence-corrected chi connectivity index (χ0v) is 15.9. The minimum Gasteiger partial charge on any atom is -0.372 e. The first-order chi connectivity index (χ1) is 12.8. The molecule has 134 valence electrons. The van der Waals surface area contributed by atoms with Crippen LogP contribution in [0.4, 0.5) is 11.4 Å². The van der Waals surface area contributed by atoms with Crippen molar-refractivity contribution in [2.45, 2.75) is 32.6 Å². The second-order valence-electron chi connectivity index (χ2n) is 6.85. The van der Waals surface area contributed by atoms with E-state index in [9.17, 15) is 4.79 Å². The highest BCUT2D eigenvalue weighted by Gasteiger charge is 2.18. The summed E-state index contributed by atoms with van der Waals surface area (Å²) >= 11 is 1.59. The van der Waals surface area contributed by atoms with Gasteiger partial charge in [-0.25, -0.2) is 0 Å². The van der Waals surface area contributed by atoms with Crippen molar-refractivity contribution in [3.63, 3.8) is 0 Å². The summed E-state index contributed by atoms with van der Waals surface area (Å²) in [5.74, 6) is 0.00331. The van der Waals surface area contributed by atoms with Gasteiger partial charge in [0.15, 0.2) is 0 Å². The van der Waals surface area contributed by atoms with Crippen molar-refractivity contribution in [2.24, 2.45) is 0 Å². The highest BCUT2D eigenvalue weighted by Crippen LogP contribution is 2.33. The Labute approximate surface area is 158 Å². The van der Waals surface area contributed by atoms with E-state index in [1.165, 1.54) is 34.2 Å². The van der Waals surface area contributed by atoms with Crippen molar-refractivity contribution in [2.75, 3.05) is 23.3 Å². The summed E-state index contributed by atoms with van der Waals surface area (Å²) in [5.41, 5.74) is 3.28. The quantitative estimate of drug-likeness (QED) is 0.629. The van der Waals surface area contributed by atoms with Gasteiger partial charge in [-0.05, 0) is 60.5 Å². The summed E-state index contributed by atoms with van der Waals surface area (Å²) in [6.45, 7) is 4.42. The van der Waals surface area contributed by atoms with Gasteiger partial charge in [-0.3, -0.25) is 4.79 Å².